The van der Waals surface area contributed by atoms with Gasteiger partial charge < -0.3 is 4.74 Å². The first-order valence-corrected chi connectivity index (χ1v) is 5.69. The topological polar surface area (TPSA) is 9.23 Å². The summed E-state index contributed by atoms with van der Waals surface area (Å²) in [5.74, 6) is -13.9. The summed E-state index contributed by atoms with van der Waals surface area (Å²) in [5.41, 5.74) is -6.58. The molecule has 0 spiro atoms. The van der Waals surface area contributed by atoms with Crippen LogP contribution in [0.4, 0.5) is 48.3 Å². The summed E-state index contributed by atoms with van der Waals surface area (Å²) in [7, 11) is 0. The zero-order valence-corrected chi connectivity index (χ0v) is 11.5. The molecule has 1 saturated heterocycles. The molecule has 0 aromatic carbocycles. The molecule has 0 radical (unpaired) electrons. The zero-order chi connectivity index (χ0) is 18.2. The second-order valence-electron chi connectivity index (χ2n) is 4.02. The van der Waals surface area contributed by atoms with Gasteiger partial charge in [0.1, 0.15) is 0 Å². The van der Waals surface area contributed by atoms with Gasteiger partial charge in [0.15, 0.2) is 0 Å². The standard InChI is InChI=1S/C7Cl3F11O/c8-2(6(16,17)18)3(12,13)1(11,5(9,10)22-2)4(14,15)7(19,20)21/t1-,2-/m1/s1. The fraction of sp³-hybridized carbons (Fsp3) is 1.00. The van der Waals surface area contributed by atoms with Crippen molar-refractivity contribution in [3.63, 3.8) is 0 Å². The maximum absolute atomic E-state index is 14.0. The highest BCUT2D eigenvalue weighted by Gasteiger charge is 2.99. The molecule has 0 aliphatic carbocycles. The van der Waals surface area contributed by atoms with Gasteiger partial charge in [-0.25, -0.2) is 4.39 Å². The summed E-state index contributed by atoms with van der Waals surface area (Å²) in [4.78, 5) is 0. The molecule has 1 rings (SSSR count). The van der Waals surface area contributed by atoms with Gasteiger partial charge in [0, 0.05) is 0 Å². The highest BCUT2D eigenvalue weighted by molar-refractivity contribution is 6.49. The second-order valence-corrected chi connectivity index (χ2v) is 5.81. The largest absolute Gasteiger partial charge is 0.457 e. The number of alkyl halides is 14. The van der Waals surface area contributed by atoms with Gasteiger partial charge in [0.2, 0.25) is 0 Å². The molecule has 0 bridgehead atoms. The molecule has 1 nitrogen and oxygen atoms in total. The second kappa shape index (κ2) is 4.57. The van der Waals surface area contributed by atoms with Gasteiger partial charge in [-0.2, -0.15) is 43.9 Å². The molecule has 132 valence electrons. The van der Waals surface area contributed by atoms with E-state index in [0.29, 0.717) is 0 Å². The molecule has 1 aliphatic rings. The van der Waals surface area contributed by atoms with Crippen molar-refractivity contribution in [2.24, 2.45) is 0 Å². The third-order valence-corrected chi connectivity index (χ3v) is 3.86. The molecule has 1 heterocycles. The van der Waals surface area contributed by atoms with Crippen molar-refractivity contribution in [1.29, 1.82) is 0 Å². The van der Waals surface area contributed by atoms with Gasteiger partial charge in [0.05, 0.1) is 0 Å². The van der Waals surface area contributed by atoms with Crippen LogP contribution in [0.5, 0.6) is 0 Å². The van der Waals surface area contributed by atoms with E-state index < -0.39 is 39.4 Å². The number of halogens is 14. The van der Waals surface area contributed by atoms with Gasteiger partial charge in [0.25, 0.3) is 4.52 Å². The van der Waals surface area contributed by atoms with Crippen molar-refractivity contribution in [3.8, 4) is 0 Å². The fourth-order valence-corrected chi connectivity index (χ4v) is 2.56. The molecule has 0 unspecified atom stereocenters. The van der Waals surface area contributed by atoms with E-state index in [0.717, 1.165) is 0 Å². The SMILES string of the molecule is FC(F)(F)C(F)(F)[C@@]1(F)C(Cl)(Cl)O[C@@](Cl)(C(F)(F)F)C1(F)F. The van der Waals surface area contributed by atoms with Crippen LogP contribution in [-0.2, 0) is 4.74 Å². The first-order valence-electron chi connectivity index (χ1n) is 4.55. The summed E-state index contributed by atoms with van der Waals surface area (Å²) >= 11 is 13.2. The Labute approximate surface area is 128 Å². The van der Waals surface area contributed by atoms with Crippen LogP contribution in [0, 0.1) is 0 Å². The molecule has 1 aliphatic heterocycles. The van der Waals surface area contributed by atoms with E-state index in [9.17, 15) is 48.3 Å². The molecular weight excluding hydrogens is 415 g/mol. The smallest absolute Gasteiger partial charge is 0.307 e. The Kier molecular flexibility index (Phi) is 4.18. The van der Waals surface area contributed by atoms with Crippen LogP contribution < -0.4 is 0 Å². The summed E-state index contributed by atoms with van der Waals surface area (Å²) < 4.78 is 139. The highest BCUT2D eigenvalue weighted by atomic mass is 35.5. The van der Waals surface area contributed by atoms with Gasteiger partial charge >= 0.3 is 34.9 Å². The fourth-order valence-electron chi connectivity index (χ4n) is 1.53. The summed E-state index contributed by atoms with van der Waals surface area (Å²) in [6.45, 7) is 0. The van der Waals surface area contributed by atoms with Crippen LogP contribution in [0.3, 0.4) is 0 Å². The Morgan fingerprint density at radius 1 is 0.727 bits per heavy atom. The van der Waals surface area contributed by atoms with Crippen LogP contribution in [-0.4, -0.2) is 39.4 Å². The third-order valence-electron chi connectivity index (χ3n) is 2.66. The summed E-state index contributed by atoms with van der Waals surface area (Å²) in [6, 6.07) is 0. The normalized spacial score (nSPS) is 35.7. The van der Waals surface area contributed by atoms with Crippen molar-refractivity contribution >= 4 is 34.8 Å². The van der Waals surface area contributed by atoms with Crippen LogP contribution >= 0.6 is 34.8 Å². The maximum atomic E-state index is 14.0. The minimum Gasteiger partial charge on any atom is -0.307 e. The molecule has 2 atom stereocenters. The Hall–Kier alpha value is 0.0600. The lowest BCUT2D eigenvalue weighted by molar-refractivity contribution is -0.365. The van der Waals surface area contributed by atoms with Crippen molar-refractivity contribution in [3.05, 3.63) is 0 Å². The van der Waals surface area contributed by atoms with Crippen LogP contribution in [0.1, 0.15) is 0 Å². The molecule has 1 fully saturated rings. The molecular formula is C7Cl3F11O. The maximum Gasteiger partial charge on any atom is 0.457 e. The molecule has 0 aromatic rings. The highest BCUT2D eigenvalue weighted by Crippen LogP contribution is 2.72. The molecule has 15 heteroatoms. The number of ether oxygens (including phenoxy) is 1. The molecule has 0 N–H and O–H groups in total. The quantitative estimate of drug-likeness (QED) is 0.423. The van der Waals surface area contributed by atoms with Crippen molar-refractivity contribution < 1.29 is 53.0 Å². The Morgan fingerprint density at radius 3 is 1.32 bits per heavy atom. The van der Waals surface area contributed by atoms with E-state index >= 15 is 0 Å². The van der Waals surface area contributed by atoms with E-state index in [1.54, 1.807) is 0 Å². The van der Waals surface area contributed by atoms with E-state index in [1.807, 2.05) is 0 Å². The lowest BCUT2D eigenvalue weighted by atomic mass is 9.88. The van der Waals surface area contributed by atoms with Gasteiger partial charge in [-0.3, -0.25) is 0 Å². The zero-order valence-electron chi connectivity index (χ0n) is 9.20. The Balaban J connectivity index is 3.75. The monoisotopic (exact) mass is 414 g/mol. The van der Waals surface area contributed by atoms with Crippen molar-refractivity contribution in [2.75, 3.05) is 0 Å². The van der Waals surface area contributed by atoms with Gasteiger partial charge in [-0.15, -0.1) is 0 Å². The van der Waals surface area contributed by atoms with Crippen LogP contribution in [0.25, 0.3) is 0 Å². The van der Waals surface area contributed by atoms with E-state index in [2.05, 4.69) is 39.5 Å². The number of rotatable bonds is 1. The van der Waals surface area contributed by atoms with E-state index in [-0.39, 0.29) is 0 Å². The van der Waals surface area contributed by atoms with Crippen LogP contribution in [0.2, 0.25) is 0 Å². The summed E-state index contributed by atoms with van der Waals surface area (Å²) in [6.07, 6.45) is -13.6. The lowest BCUT2D eigenvalue weighted by Crippen LogP contribution is -2.70. The minimum absolute atomic E-state index is 2.98. The molecule has 22 heavy (non-hydrogen) atoms. The van der Waals surface area contributed by atoms with Gasteiger partial charge in [-0.1, -0.05) is 34.8 Å². The molecule has 0 saturated carbocycles. The average molecular weight is 415 g/mol. The van der Waals surface area contributed by atoms with Crippen molar-refractivity contribution in [2.45, 2.75) is 39.4 Å². The molecule has 0 aromatic heterocycles. The van der Waals surface area contributed by atoms with Crippen molar-refractivity contribution in [1.82, 2.24) is 0 Å². The van der Waals surface area contributed by atoms with Crippen LogP contribution in [0.15, 0.2) is 0 Å². The minimum atomic E-state index is -7.14. The van der Waals surface area contributed by atoms with E-state index in [4.69, 9.17) is 0 Å². The first kappa shape index (κ1) is 20.1. The predicted molar refractivity (Wildman–Crippen MR) is 49.9 cm³/mol. The first-order chi connectivity index (χ1) is 9.21. The third kappa shape index (κ3) is 2.02. The number of hydrogen-bond donors (Lipinski definition) is 0. The Morgan fingerprint density at radius 2 is 1.09 bits per heavy atom. The average Bonchev–Trinajstić information content (AvgIpc) is 2.33. The van der Waals surface area contributed by atoms with E-state index in [1.165, 1.54) is 0 Å². The predicted octanol–water partition coefficient (Wildman–Crippen LogP) is 5.19. The Bertz CT molecular complexity index is 471. The van der Waals surface area contributed by atoms with Gasteiger partial charge in [-0.05, 0) is 0 Å². The number of hydrogen-bond acceptors (Lipinski definition) is 1. The molecule has 0 amide bonds. The summed E-state index contributed by atoms with van der Waals surface area (Å²) in [5, 5.41) is -5.66. The lowest BCUT2D eigenvalue weighted by Gasteiger charge is -2.39.